The Kier molecular flexibility index (Phi) is 30.1. The minimum atomic E-state index is -0.735. The van der Waals surface area contributed by atoms with Gasteiger partial charge in [-0.15, -0.1) is 0 Å². The molecule has 3 aromatic carbocycles. The van der Waals surface area contributed by atoms with E-state index in [1.165, 1.54) is 46.4 Å². The Morgan fingerprint density at radius 3 is 1.25 bits per heavy atom. The van der Waals surface area contributed by atoms with Crippen LogP contribution in [0.3, 0.4) is 0 Å². The lowest BCUT2D eigenvalue weighted by Gasteiger charge is -2.27. The molecule has 452 valence electrons. The zero-order chi connectivity index (χ0) is 59.3. The molecule has 0 aliphatic carbocycles. The first kappa shape index (κ1) is 67.5. The van der Waals surface area contributed by atoms with Gasteiger partial charge >= 0.3 is 17.9 Å². The first-order chi connectivity index (χ1) is 40.5. The van der Waals surface area contributed by atoms with Crippen molar-refractivity contribution in [2.24, 2.45) is 17.8 Å². The molecule has 3 unspecified atom stereocenters. The zero-order valence-corrected chi connectivity index (χ0v) is 53.9. The summed E-state index contributed by atoms with van der Waals surface area (Å²) in [7, 11) is 0. The molecule has 15 heteroatoms. The molecular weight excluding hydrogens is 1120 g/mol. The van der Waals surface area contributed by atoms with E-state index in [1.807, 2.05) is 60.7 Å². The number of benzene rings is 3. The number of thioether (sulfide) groups is 4. The molecule has 0 bridgehead atoms. The van der Waals surface area contributed by atoms with Gasteiger partial charge in [0.05, 0.1) is 59.6 Å². The van der Waals surface area contributed by atoms with Gasteiger partial charge in [-0.25, -0.2) is 14.8 Å². The summed E-state index contributed by atoms with van der Waals surface area (Å²) in [6, 6.07) is 21.3. The summed E-state index contributed by atoms with van der Waals surface area (Å²) in [5, 5.41) is 13.8. The molecule has 1 saturated heterocycles. The fraction of sp³-hybridized carbons (Fsp3) is 0.588. The van der Waals surface area contributed by atoms with E-state index in [0.29, 0.717) is 53.7 Å². The number of amides is 2. The zero-order valence-electron chi connectivity index (χ0n) is 50.7. The molecule has 0 aromatic heterocycles. The summed E-state index contributed by atoms with van der Waals surface area (Å²) < 4.78 is 20.3. The van der Waals surface area contributed by atoms with Crippen LogP contribution in [0.25, 0.3) is 0 Å². The van der Waals surface area contributed by atoms with E-state index in [9.17, 15) is 10.1 Å². The third-order valence-corrected chi connectivity index (χ3v) is 21.2. The van der Waals surface area contributed by atoms with Crippen LogP contribution in [-0.2, 0) is 41.8 Å². The van der Waals surface area contributed by atoms with E-state index in [4.69, 9.17) is 14.2 Å². The molecule has 1 fully saturated rings. The topological polar surface area (TPSA) is 143 Å². The first-order valence-corrected chi connectivity index (χ1v) is 34.9. The quantitative estimate of drug-likeness (QED) is 0.0134. The molecule has 3 atom stereocenters. The second-order valence-electron chi connectivity index (χ2n) is 22.6. The lowest BCUT2D eigenvalue weighted by molar-refractivity contribution is -0.149. The predicted octanol–water partition coefficient (Wildman–Crippen LogP) is 19.3. The summed E-state index contributed by atoms with van der Waals surface area (Å²) in [6.45, 7) is 13.4. The van der Waals surface area contributed by atoms with Gasteiger partial charge in [-0.3, -0.25) is 19.2 Å². The van der Waals surface area contributed by atoms with Crippen molar-refractivity contribution in [2.45, 2.75) is 254 Å². The standard InChI is InChI=1S/C68H93N3O8S4/c1-7-13-18-22-24-34-43-52(41-32-20-15-9-3)64(74)78-56-58-59(81-67(80-58)54(45-69)66(76)77-48-49(12-6)36-17-11-5)57(79-65(75)53(42-33-21-16-10-4)44-35-25-23-19-14-8-2)61-60(56)82-68(83-61)55-62(72)70(46-50-37-28-26-29-38-50)71(63(55)73)47-51-39-30-27-31-40-51/h26-31,37-40,49,52-53H,7-25,32-36,41-44,46-48H2,1-6H3. The van der Waals surface area contributed by atoms with Crippen LogP contribution >= 0.6 is 47.0 Å². The summed E-state index contributed by atoms with van der Waals surface area (Å²) >= 11 is 4.64. The number of ether oxygens (including phenoxy) is 3. The maximum atomic E-state index is 15.1. The van der Waals surface area contributed by atoms with Crippen LogP contribution in [0.5, 0.6) is 11.5 Å². The summed E-state index contributed by atoms with van der Waals surface area (Å²) in [6.07, 6.45) is 27.4. The van der Waals surface area contributed by atoms with Crippen LogP contribution in [0.1, 0.15) is 232 Å². The molecule has 3 aliphatic heterocycles. The van der Waals surface area contributed by atoms with E-state index in [0.717, 1.165) is 176 Å². The molecule has 0 radical (unpaired) electrons. The number of rotatable bonds is 39. The molecule has 0 spiro atoms. The van der Waals surface area contributed by atoms with Crippen LogP contribution in [-0.4, -0.2) is 46.3 Å². The Morgan fingerprint density at radius 1 is 0.494 bits per heavy atom. The maximum absolute atomic E-state index is 15.1. The fourth-order valence-electron chi connectivity index (χ4n) is 10.8. The summed E-state index contributed by atoms with van der Waals surface area (Å²) in [5.74, 6) is -2.65. The highest BCUT2D eigenvalue weighted by atomic mass is 32.2. The van der Waals surface area contributed by atoms with E-state index < -0.39 is 29.6 Å². The van der Waals surface area contributed by atoms with Gasteiger partial charge in [0.1, 0.15) is 11.6 Å². The average molecular weight is 1210 g/mol. The maximum Gasteiger partial charge on any atom is 0.350 e. The average Bonchev–Trinajstić information content (AvgIpc) is 1.98. The second-order valence-corrected chi connectivity index (χ2v) is 27.2. The van der Waals surface area contributed by atoms with Gasteiger partial charge in [-0.1, -0.05) is 297 Å². The van der Waals surface area contributed by atoms with Gasteiger partial charge in [-0.2, -0.15) is 5.26 Å². The number of carbonyl (C=O) groups is 5. The van der Waals surface area contributed by atoms with Crippen molar-refractivity contribution in [3.63, 3.8) is 0 Å². The van der Waals surface area contributed by atoms with E-state index in [-0.39, 0.29) is 60.2 Å². The highest BCUT2D eigenvalue weighted by Crippen LogP contribution is 2.69. The molecule has 83 heavy (non-hydrogen) atoms. The minimum absolute atomic E-state index is 0.0220. The molecule has 2 amide bonds. The third kappa shape index (κ3) is 20.0. The Labute approximate surface area is 514 Å². The number of hydrogen-bond acceptors (Lipinski definition) is 13. The molecule has 6 rings (SSSR count). The smallest absolute Gasteiger partial charge is 0.350 e. The van der Waals surface area contributed by atoms with Crippen molar-refractivity contribution in [1.82, 2.24) is 10.0 Å². The molecule has 3 heterocycles. The van der Waals surface area contributed by atoms with Crippen molar-refractivity contribution in [3.05, 3.63) is 91.4 Å². The highest BCUT2D eigenvalue weighted by molar-refractivity contribution is 8.26. The van der Waals surface area contributed by atoms with Crippen LogP contribution < -0.4 is 9.47 Å². The Morgan fingerprint density at radius 2 is 0.867 bits per heavy atom. The number of fused-ring (bicyclic) bond motifs is 2. The van der Waals surface area contributed by atoms with E-state index in [1.54, 1.807) is 0 Å². The number of nitriles is 1. The van der Waals surface area contributed by atoms with E-state index in [2.05, 4.69) is 47.6 Å². The highest BCUT2D eigenvalue weighted by Gasteiger charge is 2.47. The molecule has 11 nitrogen and oxygen atoms in total. The monoisotopic (exact) mass is 1210 g/mol. The van der Waals surface area contributed by atoms with Crippen LogP contribution in [0.15, 0.2) is 99.9 Å². The van der Waals surface area contributed by atoms with Gasteiger partial charge in [-0.05, 0) is 49.1 Å². The number of unbranched alkanes of at least 4 members (excludes halogenated alkanes) is 17. The van der Waals surface area contributed by atoms with Crippen molar-refractivity contribution < 1.29 is 38.2 Å². The molecule has 0 saturated carbocycles. The predicted molar refractivity (Wildman–Crippen MR) is 340 cm³/mol. The number of hydrogen-bond donors (Lipinski definition) is 0. The van der Waals surface area contributed by atoms with Crippen molar-refractivity contribution in [3.8, 4) is 17.6 Å². The molecule has 0 N–H and O–H groups in total. The van der Waals surface area contributed by atoms with Crippen molar-refractivity contribution in [2.75, 3.05) is 6.61 Å². The third-order valence-electron chi connectivity index (χ3n) is 16.0. The SMILES string of the molecule is CCCCCCCCC(CCCCCC)C(=O)Oc1c2c(c(OC(=O)C(CCCCCC)CCCCCCCC)c3c1SC(=C1C(=O)N(Cc4ccccc4)N(Cc4ccccc4)C1=O)S3)SC(=C(C#N)C(=O)OCC(CC)CCCC)S2. The van der Waals surface area contributed by atoms with Gasteiger partial charge in [0.2, 0.25) is 0 Å². The molecule has 3 aromatic rings. The van der Waals surface area contributed by atoms with E-state index >= 15 is 19.2 Å². The van der Waals surface area contributed by atoms with Crippen molar-refractivity contribution in [1.29, 1.82) is 5.26 Å². The largest absolute Gasteiger partial charge is 0.461 e. The number of carbonyl (C=O) groups excluding carboxylic acids is 5. The van der Waals surface area contributed by atoms with Crippen LogP contribution in [0, 0.1) is 29.1 Å². The normalized spacial score (nSPS) is 14.9. The fourth-order valence-corrected chi connectivity index (χ4v) is 16.2. The van der Waals surface area contributed by atoms with Crippen molar-refractivity contribution >= 4 is 76.8 Å². The van der Waals surface area contributed by atoms with Gasteiger partial charge < -0.3 is 14.2 Å². The number of hydrazine groups is 1. The van der Waals surface area contributed by atoms with Gasteiger partial charge in [0, 0.05) is 0 Å². The number of esters is 3. The van der Waals surface area contributed by atoms with Gasteiger partial charge in [0.25, 0.3) is 11.8 Å². The number of nitrogens with zero attached hydrogens (tertiary/aromatic N) is 3. The van der Waals surface area contributed by atoms with Crippen LogP contribution in [0.4, 0.5) is 0 Å². The molecular formula is C68H93N3O8S4. The van der Waals surface area contributed by atoms with Gasteiger partial charge in [0.15, 0.2) is 17.1 Å². The second kappa shape index (κ2) is 37.1. The Balaban J connectivity index is 1.51. The minimum Gasteiger partial charge on any atom is -0.461 e. The Bertz CT molecular complexity index is 2540. The van der Waals surface area contributed by atoms with Crippen LogP contribution in [0.2, 0.25) is 0 Å². The lowest BCUT2D eigenvalue weighted by Crippen LogP contribution is -2.39. The lowest BCUT2D eigenvalue weighted by atomic mass is 9.94. The summed E-state index contributed by atoms with van der Waals surface area (Å²) in [5.41, 5.74) is 1.50. The summed E-state index contributed by atoms with van der Waals surface area (Å²) in [4.78, 5) is 76.4. The first-order valence-electron chi connectivity index (χ1n) is 31.7. The Hall–Kier alpha value is -4.62. The molecule has 3 aliphatic rings.